The van der Waals surface area contributed by atoms with Crippen LogP contribution in [0, 0.1) is 0 Å². The van der Waals surface area contributed by atoms with E-state index in [9.17, 15) is 0 Å². The third-order valence-electron chi connectivity index (χ3n) is 1.57. The lowest BCUT2D eigenvalue weighted by Gasteiger charge is -1.98. The van der Waals surface area contributed by atoms with E-state index in [1.165, 1.54) is 4.88 Å². The van der Waals surface area contributed by atoms with Crippen molar-refractivity contribution in [1.82, 2.24) is 20.2 Å². The number of tetrazole rings is 1. The summed E-state index contributed by atoms with van der Waals surface area (Å²) in [6.07, 6.45) is 1.97. The average Bonchev–Trinajstić information content (AvgIpc) is 2.76. The SMILES string of the molecule is CSc1nnnn1Cc1cccs1. The Morgan fingerprint density at radius 3 is 3.23 bits per heavy atom. The van der Waals surface area contributed by atoms with E-state index >= 15 is 0 Å². The summed E-state index contributed by atoms with van der Waals surface area (Å²) in [6.45, 7) is 0.765. The molecule has 2 rings (SSSR count). The van der Waals surface area contributed by atoms with E-state index in [0.717, 1.165) is 11.7 Å². The standard InChI is InChI=1S/C7H8N4S2/c1-12-7-8-9-10-11(7)5-6-3-2-4-13-6/h2-4H,5H2,1H3. The van der Waals surface area contributed by atoms with Gasteiger partial charge in [0, 0.05) is 4.88 Å². The van der Waals surface area contributed by atoms with Crippen LogP contribution in [0.2, 0.25) is 0 Å². The molecule has 0 amide bonds. The quantitative estimate of drug-likeness (QED) is 0.723. The zero-order valence-electron chi connectivity index (χ0n) is 7.04. The highest BCUT2D eigenvalue weighted by atomic mass is 32.2. The lowest BCUT2D eigenvalue weighted by molar-refractivity contribution is 0.609. The van der Waals surface area contributed by atoms with E-state index < -0.39 is 0 Å². The summed E-state index contributed by atoms with van der Waals surface area (Å²) in [4.78, 5) is 1.27. The Balaban J connectivity index is 2.18. The fraction of sp³-hybridized carbons (Fsp3) is 0.286. The molecule has 68 valence electrons. The number of aromatic nitrogens is 4. The molecular formula is C7H8N4S2. The molecule has 0 spiro atoms. The summed E-state index contributed by atoms with van der Waals surface area (Å²) < 4.78 is 1.80. The maximum atomic E-state index is 3.90. The largest absolute Gasteiger partial charge is 0.215 e. The van der Waals surface area contributed by atoms with Crippen LogP contribution in [0.5, 0.6) is 0 Å². The molecule has 0 aliphatic heterocycles. The second-order valence-electron chi connectivity index (χ2n) is 2.40. The highest BCUT2D eigenvalue weighted by Gasteiger charge is 2.04. The van der Waals surface area contributed by atoms with E-state index in [-0.39, 0.29) is 0 Å². The van der Waals surface area contributed by atoms with Crippen molar-refractivity contribution in [2.75, 3.05) is 6.26 Å². The zero-order valence-corrected chi connectivity index (χ0v) is 8.68. The van der Waals surface area contributed by atoms with Crippen molar-refractivity contribution in [2.45, 2.75) is 11.7 Å². The molecule has 0 fully saturated rings. The molecule has 0 atom stereocenters. The Morgan fingerprint density at radius 2 is 2.54 bits per heavy atom. The van der Waals surface area contributed by atoms with Gasteiger partial charge in [0.25, 0.3) is 0 Å². The van der Waals surface area contributed by atoms with Gasteiger partial charge in [-0.25, -0.2) is 4.68 Å². The Bertz CT molecular complexity index is 368. The van der Waals surface area contributed by atoms with E-state index in [0.29, 0.717) is 0 Å². The third-order valence-corrected chi connectivity index (χ3v) is 3.09. The molecule has 0 unspecified atom stereocenters. The highest BCUT2D eigenvalue weighted by Crippen LogP contribution is 2.14. The Hall–Kier alpha value is -0.880. The van der Waals surface area contributed by atoms with Crippen LogP contribution < -0.4 is 0 Å². The number of nitrogens with zero attached hydrogens (tertiary/aromatic N) is 4. The van der Waals surface area contributed by atoms with E-state index in [1.807, 2.05) is 12.3 Å². The first-order valence-corrected chi connectivity index (χ1v) is 5.83. The van der Waals surface area contributed by atoms with Gasteiger partial charge in [0.15, 0.2) is 0 Å². The predicted molar refractivity (Wildman–Crippen MR) is 53.0 cm³/mol. The van der Waals surface area contributed by atoms with Crippen LogP contribution in [0.1, 0.15) is 4.88 Å². The number of hydrogen-bond donors (Lipinski definition) is 0. The minimum Gasteiger partial charge on any atom is -0.215 e. The van der Waals surface area contributed by atoms with Gasteiger partial charge in [-0.2, -0.15) is 0 Å². The molecule has 0 aliphatic rings. The van der Waals surface area contributed by atoms with Gasteiger partial charge in [0.1, 0.15) is 0 Å². The van der Waals surface area contributed by atoms with Crippen molar-refractivity contribution >= 4 is 23.1 Å². The topological polar surface area (TPSA) is 43.6 Å². The summed E-state index contributed by atoms with van der Waals surface area (Å²) >= 11 is 3.27. The molecule has 6 heteroatoms. The molecule has 0 radical (unpaired) electrons. The number of thioether (sulfide) groups is 1. The molecule has 2 heterocycles. The van der Waals surface area contributed by atoms with Crippen LogP contribution in [0.3, 0.4) is 0 Å². The molecule has 0 aromatic carbocycles. The van der Waals surface area contributed by atoms with Gasteiger partial charge in [-0.3, -0.25) is 0 Å². The second-order valence-corrected chi connectivity index (χ2v) is 4.21. The van der Waals surface area contributed by atoms with Crippen LogP contribution >= 0.6 is 23.1 Å². The molecule has 13 heavy (non-hydrogen) atoms. The fourth-order valence-electron chi connectivity index (χ4n) is 0.992. The fourth-order valence-corrected chi connectivity index (χ4v) is 2.11. The van der Waals surface area contributed by atoms with E-state index in [1.54, 1.807) is 27.8 Å². The van der Waals surface area contributed by atoms with Crippen LogP contribution in [0.15, 0.2) is 22.7 Å². The average molecular weight is 212 g/mol. The third kappa shape index (κ3) is 1.89. The summed E-state index contributed by atoms with van der Waals surface area (Å²) in [6, 6.07) is 4.11. The van der Waals surface area contributed by atoms with Crippen LogP contribution in [0.25, 0.3) is 0 Å². The lowest BCUT2D eigenvalue weighted by atomic mass is 10.5. The Labute approximate surface area is 84.0 Å². The highest BCUT2D eigenvalue weighted by molar-refractivity contribution is 7.98. The predicted octanol–water partition coefficient (Wildman–Crippen LogP) is 1.50. The van der Waals surface area contributed by atoms with Gasteiger partial charge < -0.3 is 0 Å². The molecule has 0 saturated heterocycles. The van der Waals surface area contributed by atoms with E-state index in [4.69, 9.17) is 0 Å². The number of thiophene rings is 1. The maximum Gasteiger partial charge on any atom is 0.209 e. The van der Waals surface area contributed by atoms with Crippen LogP contribution in [-0.2, 0) is 6.54 Å². The van der Waals surface area contributed by atoms with Crippen molar-refractivity contribution in [1.29, 1.82) is 0 Å². The van der Waals surface area contributed by atoms with Crippen molar-refractivity contribution < 1.29 is 0 Å². The molecule has 0 bridgehead atoms. The van der Waals surface area contributed by atoms with Crippen molar-refractivity contribution in [3.63, 3.8) is 0 Å². The monoisotopic (exact) mass is 212 g/mol. The first-order valence-electron chi connectivity index (χ1n) is 3.72. The minimum absolute atomic E-state index is 0.765. The summed E-state index contributed by atoms with van der Waals surface area (Å²) in [7, 11) is 0. The van der Waals surface area contributed by atoms with Gasteiger partial charge >= 0.3 is 0 Å². The Morgan fingerprint density at radius 1 is 1.62 bits per heavy atom. The Kier molecular flexibility index (Phi) is 2.60. The van der Waals surface area contributed by atoms with Crippen LogP contribution in [-0.4, -0.2) is 26.5 Å². The molecule has 0 saturated carbocycles. The minimum atomic E-state index is 0.765. The summed E-state index contributed by atoms with van der Waals surface area (Å²) in [5.41, 5.74) is 0. The molecule has 0 N–H and O–H groups in total. The maximum absolute atomic E-state index is 3.90. The smallest absolute Gasteiger partial charge is 0.209 e. The van der Waals surface area contributed by atoms with Gasteiger partial charge in [-0.15, -0.1) is 16.4 Å². The van der Waals surface area contributed by atoms with Gasteiger partial charge in [-0.1, -0.05) is 17.8 Å². The molecule has 4 nitrogen and oxygen atoms in total. The van der Waals surface area contributed by atoms with Gasteiger partial charge in [-0.05, 0) is 28.1 Å². The lowest BCUT2D eigenvalue weighted by Crippen LogP contribution is -2.01. The normalized spacial score (nSPS) is 10.5. The van der Waals surface area contributed by atoms with Gasteiger partial charge in [0.2, 0.25) is 5.16 Å². The van der Waals surface area contributed by atoms with Crippen molar-refractivity contribution in [3.05, 3.63) is 22.4 Å². The van der Waals surface area contributed by atoms with Crippen LogP contribution in [0.4, 0.5) is 0 Å². The van der Waals surface area contributed by atoms with Gasteiger partial charge in [0.05, 0.1) is 6.54 Å². The zero-order chi connectivity index (χ0) is 9.10. The second kappa shape index (κ2) is 3.89. The van der Waals surface area contributed by atoms with E-state index in [2.05, 4.69) is 27.0 Å². The molecule has 2 aromatic heterocycles. The first-order chi connectivity index (χ1) is 6.40. The molecule has 2 aromatic rings. The van der Waals surface area contributed by atoms with Crippen molar-refractivity contribution in [3.8, 4) is 0 Å². The number of hydrogen-bond acceptors (Lipinski definition) is 5. The number of rotatable bonds is 3. The summed E-state index contributed by atoms with van der Waals surface area (Å²) in [5.74, 6) is 0. The summed E-state index contributed by atoms with van der Waals surface area (Å²) in [5, 5.41) is 14.3. The van der Waals surface area contributed by atoms with Crippen molar-refractivity contribution in [2.24, 2.45) is 0 Å². The molecule has 0 aliphatic carbocycles. The molecular weight excluding hydrogens is 204 g/mol. The first kappa shape index (κ1) is 8.71.